The summed E-state index contributed by atoms with van der Waals surface area (Å²) in [6.07, 6.45) is 24.3. The van der Waals surface area contributed by atoms with Crippen LogP contribution in [0.1, 0.15) is 131 Å². The fourth-order valence-corrected chi connectivity index (χ4v) is 4.02. The number of aryl methyl sites for hydroxylation is 1. The van der Waals surface area contributed by atoms with Crippen molar-refractivity contribution >= 4 is 12.0 Å². The summed E-state index contributed by atoms with van der Waals surface area (Å²) in [6, 6.07) is 5.51. The Bertz CT molecular complexity index is 562. The van der Waals surface area contributed by atoms with Crippen molar-refractivity contribution in [2.24, 2.45) is 0 Å². The number of carboxylic acids is 1. The highest BCUT2D eigenvalue weighted by molar-refractivity contribution is 5.89. The summed E-state index contributed by atoms with van der Waals surface area (Å²) >= 11 is 0. The molecule has 0 amide bonds. The van der Waals surface area contributed by atoms with Crippen LogP contribution in [-0.4, -0.2) is 11.1 Å². The molecule has 0 heterocycles. The van der Waals surface area contributed by atoms with E-state index < -0.39 is 5.97 Å². The van der Waals surface area contributed by atoms with Crippen LogP contribution in [0.4, 0.5) is 0 Å². The van der Waals surface area contributed by atoms with Crippen molar-refractivity contribution in [3.63, 3.8) is 0 Å². The third-order valence-corrected chi connectivity index (χ3v) is 5.90. The molecule has 2 nitrogen and oxygen atoms in total. The molecule has 0 spiro atoms. The lowest BCUT2D eigenvalue weighted by Crippen LogP contribution is -2.03. The number of carbonyl (C=O) groups is 1. The summed E-state index contributed by atoms with van der Waals surface area (Å²) in [6.45, 7) is 6.06. The van der Waals surface area contributed by atoms with Crippen LogP contribution in [0.5, 0.6) is 0 Å². The van der Waals surface area contributed by atoms with E-state index in [2.05, 4.69) is 13.5 Å². The summed E-state index contributed by atoms with van der Waals surface area (Å²) in [5, 5.41) is 9.34. The van der Waals surface area contributed by atoms with Crippen molar-refractivity contribution < 1.29 is 9.90 Å². The summed E-state index contributed by atoms with van der Waals surface area (Å²) in [5.74, 6) is -0.827. The standard InChI is InChI=1S/C27H44O2/c1-3-5-6-7-8-9-10-11-12-13-14-15-16-17-18-19-20-25-23-24(4-2)21-22-26(25)27(28)29/h4,21-23H,2-3,5-20H2,1H3,(H,28,29). The molecule has 0 saturated carbocycles. The Morgan fingerprint density at radius 3 is 1.66 bits per heavy atom. The number of unbranched alkanes of at least 4 members (excludes halogenated alkanes) is 15. The highest BCUT2D eigenvalue weighted by Crippen LogP contribution is 2.18. The van der Waals surface area contributed by atoms with E-state index in [0.717, 1.165) is 24.0 Å². The highest BCUT2D eigenvalue weighted by atomic mass is 16.4. The first-order valence-electron chi connectivity index (χ1n) is 12.2. The number of benzene rings is 1. The molecular formula is C27H44O2. The van der Waals surface area contributed by atoms with Crippen molar-refractivity contribution in [3.8, 4) is 0 Å². The normalized spacial score (nSPS) is 10.9. The average molecular weight is 401 g/mol. The van der Waals surface area contributed by atoms with Crippen molar-refractivity contribution in [3.05, 3.63) is 41.5 Å². The first-order chi connectivity index (χ1) is 14.2. The van der Waals surface area contributed by atoms with E-state index in [-0.39, 0.29) is 0 Å². The van der Waals surface area contributed by atoms with Gasteiger partial charge in [-0.1, -0.05) is 128 Å². The Labute approximate surface area is 179 Å². The van der Waals surface area contributed by atoms with Crippen LogP contribution < -0.4 is 0 Å². The van der Waals surface area contributed by atoms with Crippen molar-refractivity contribution in [2.45, 2.75) is 116 Å². The van der Waals surface area contributed by atoms with Gasteiger partial charge in [0.15, 0.2) is 0 Å². The molecule has 0 aliphatic carbocycles. The van der Waals surface area contributed by atoms with E-state index in [1.807, 2.05) is 12.1 Å². The van der Waals surface area contributed by atoms with Crippen molar-refractivity contribution in [1.29, 1.82) is 0 Å². The van der Waals surface area contributed by atoms with Gasteiger partial charge in [0, 0.05) is 0 Å². The monoisotopic (exact) mass is 400 g/mol. The minimum Gasteiger partial charge on any atom is -0.478 e. The molecule has 0 radical (unpaired) electrons. The molecule has 1 N–H and O–H groups in total. The molecule has 0 aliphatic rings. The van der Waals surface area contributed by atoms with Gasteiger partial charge in [-0.2, -0.15) is 0 Å². The molecular weight excluding hydrogens is 356 g/mol. The maximum Gasteiger partial charge on any atom is 0.335 e. The van der Waals surface area contributed by atoms with Gasteiger partial charge in [-0.15, -0.1) is 0 Å². The Balaban J connectivity index is 1.96. The Hall–Kier alpha value is -1.57. The molecule has 0 aromatic heterocycles. The average Bonchev–Trinajstić information content (AvgIpc) is 2.73. The van der Waals surface area contributed by atoms with Crippen LogP contribution in [0.3, 0.4) is 0 Å². The molecule has 1 aromatic carbocycles. The van der Waals surface area contributed by atoms with E-state index >= 15 is 0 Å². The smallest absolute Gasteiger partial charge is 0.335 e. The lowest BCUT2D eigenvalue weighted by molar-refractivity contribution is 0.0695. The van der Waals surface area contributed by atoms with Crippen LogP contribution in [0.25, 0.3) is 6.08 Å². The van der Waals surface area contributed by atoms with Gasteiger partial charge >= 0.3 is 5.97 Å². The van der Waals surface area contributed by atoms with Gasteiger partial charge < -0.3 is 5.11 Å². The quantitative estimate of drug-likeness (QED) is 0.235. The summed E-state index contributed by atoms with van der Waals surface area (Å²) in [7, 11) is 0. The zero-order valence-corrected chi connectivity index (χ0v) is 18.9. The summed E-state index contributed by atoms with van der Waals surface area (Å²) < 4.78 is 0. The molecule has 164 valence electrons. The highest BCUT2D eigenvalue weighted by Gasteiger charge is 2.09. The van der Waals surface area contributed by atoms with Crippen LogP contribution in [0, 0.1) is 0 Å². The predicted molar refractivity (Wildman–Crippen MR) is 127 cm³/mol. The molecule has 0 atom stereocenters. The van der Waals surface area contributed by atoms with Gasteiger partial charge in [0.2, 0.25) is 0 Å². The SMILES string of the molecule is C=Cc1ccc(C(=O)O)c(CCCCCCCCCCCCCCCCCC)c1. The second kappa shape index (κ2) is 17.3. The number of aromatic carboxylic acids is 1. The van der Waals surface area contributed by atoms with Crippen LogP contribution in [-0.2, 0) is 6.42 Å². The third kappa shape index (κ3) is 12.6. The fourth-order valence-electron chi connectivity index (χ4n) is 4.02. The second-order valence-electron chi connectivity index (χ2n) is 8.48. The number of hydrogen-bond donors (Lipinski definition) is 1. The van der Waals surface area contributed by atoms with Gasteiger partial charge in [-0.05, 0) is 30.0 Å². The zero-order valence-electron chi connectivity index (χ0n) is 18.9. The number of rotatable bonds is 19. The minimum atomic E-state index is -0.827. The number of carboxylic acid groups (broad SMARTS) is 1. The minimum absolute atomic E-state index is 0.441. The van der Waals surface area contributed by atoms with E-state index in [4.69, 9.17) is 0 Å². The predicted octanol–water partition coefficient (Wildman–Crippen LogP) is 8.83. The van der Waals surface area contributed by atoms with Gasteiger partial charge in [-0.3, -0.25) is 0 Å². The zero-order chi connectivity index (χ0) is 21.2. The lowest BCUT2D eigenvalue weighted by Gasteiger charge is -2.08. The van der Waals surface area contributed by atoms with Crippen LogP contribution in [0.2, 0.25) is 0 Å². The van der Waals surface area contributed by atoms with Crippen LogP contribution >= 0.6 is 0 Å². The largest absolute Gasteiger partial charge is 0.478 e. The Kier molecular flexibility index (Phi) is 15.2. The maximum absolute atomic E-state index is 11.4. The van der Waals surface area contributed by atoms with Crippen LogP contribution in [0.15, 0.2) is 24.8 Å². The molecule has 0 unspecified atom stereocenters. The van der Waals surface area contributed by atoms with Gasteiger partial charge in [0.05, 0.1) is 5.56 Å². The van der Waals surface area contributed by atoms with Gasteiger partial charge in [0.1, 0.15) is 0 Å². The van der Waals surface area contributed by atoms with Crippen molar-refractivity contribution in [1.82, 2.24) is 0 Å². The summed E-state index contributed by atoms with van der Waals surface area (Å²) in [4.78, 5) is 11.4. The lowest BCUT2D eigenvalue weighted by atomic mass is 9.98. The third-order valence-electron chi connectivity index (χ3n) is 5.90. The van der Waals surface area contributed by atoms with E-state index in [0.29, 0.717) is 5.56 Å². The van der Waals surface area contributed by atoms with E-state index in [9.17, 15) is 9.90 Å². The van der Waals surface area contributed by atoms with Gasteiger partial charge in [0.25, 0.3) is 0 Å². The first-order valence-corrected chi connectivity index (χ1v) is 12.2. The molecule has 2 heteroatoms. The fraction of sp³-hybridized carbons (Fsp3) is 0.667. The first kappa shape index (κ1) is 25.5. The molecule has 29 heavy (non-hydrogen) atoms. The van der Waals surface area contributed by atoms with E-state index in [1.54, 1.807) is 12.1 Å². The maximum atomic E-state index is 11.4. The van der Waals surface area contributed by atoms with Gasteiger partial charge in [-0.25, -0.2) is 4.79 Å². The molecule has 0 bridgehead atoms. The molecule has 1 aromatic rings. The Morgan fingerprint density at radius 2 is 1.24 bits per heavy atom. The number of hydrogen-bond acceptors (Lipinski definition) is 1. The molecule has 0 aliphatic heterocycles. The summed E-state index contributed by atoms with van der Waals surface area (Å²) in [5.41, 5.74) is 2.39. The molecule has 0 fully saturated rings. The molecule has 1 rings (SSSR count). The van der Waals surface area contributed by atoms with Crippen molar-refractivity contribution in [2.75, 3.05) is 0 Å². The van der Waals surface area contributed by atoms with E-state index in [1.165, 1.54) is 96.3 Å². The molecule has 0 saturated heterocycles. The Morgan fingerprint density at radius 1 is 0.793 bits per heavy atom. The second-order valence-corrected chi connectivity index (χ2v) is 8.48. The topological polar surface area (TPSA) is 37.3 Å².